The number of fused-ring (bicyclic) bond motifs is 1. The van der Waals surface area contributed by atoms with Crippen molar-refractivity contribution >= 4 is 11.1 Å². The number of phenols is 2. The number of hydrogen-bond donors (Lipinski definition) is 2. The van der Waals surface area contributed by atoms with Gasteiger partial charge in [0, 0.05) is 23.7 Å². The van der Waals surface area contributed by atoms with Crippen LogP contribution in [0.1, 0.15) is 55.5 Å². The molecule has 6 nitrogen and oxygen atoms in total. The SMILES string of the molecule is CC1=C(c2cccc(O)c2)C(c2ccc(OC[C@H](C)N3CC[C@@H](C)C3)c(C#N)c2)Oc2ccc(O)cc21. The first kappa shape index (κ1) is 24.7. The minimum Gasteiger partial charge on any atom is -0.508 e. The molecule has 2 aliphatic heterocycles. The molecule has 2 N–H and O–H groups in total. The standard InChI is InChI=1S/C31H32N2O4/c1-19-11-12-33(17-19)20(2)18-36-28-9-7-23(13-24(28)16-32)31-30(22-5-4-6-25(34)14-22)21(3)27-15-26(35)8-10-29(27)37-31/h4-10,13-15,19-20,31,34-35H,11-12,17-18H2,1-3H3/t19-,20+,31?/m1/s1. The number of hydrogen-bond acceptors (Lipinski definition) is 6. The van der Waals surface area contributed by atoms with E-state index in [9.17, 15) is 15.5 Å². The zero-order valence-electron chi connectivity index (χ0n) is 21.4. The maximum Gasteiger partial charge on any atom is 0.150 e. The van der Waals surface area contributed by atoms with Gasteiger partial charge < -0.3 is 19.7 Å². The van der Waals surface area contributed by atoms with Gasteiger partial charge in [-0.15, -0.1) is 0 Å². The van der Waals surface area contributed by atoms with Crippen LogP contribution in [0.2, 0.25) is 0 Å². The van der Waals surface area contributed by atoms with Crippen molar-refractivity contribution in [2.24, 2.45) is 5.92 Å². The van der Waals surface area contributed by atoms with E-state index in [0.717, 1.165) is 40.9 Å². The Labute approximate surface area is 218 Å². The summed E-state index contributed by atoms with van der Waals surface area (Å²) in [5.41, 5.74) is 4.65. The fourth-order valence-electron chi connectivity index (χ4n) is 5.33. The largest absolute Gasteiger partial charge is 0.508 e. The number of nitriles is 1. The Balaban J connectivity index is 1.48. The molecule has 0 bridgehead atoms. The molecule has 0 aromatic heterocycles. The van der Waals surface area contributed by atoms with Crippen LogP contribution in [0.15, 0.2) is 60.7 Å². The predicted octanol–water partition coefficient (Wildman–Crippen LogP) is 6.14. The molecular weight excluding hydrogens is 464 g/mol. The Kier molecular flexibility index (Phi) is 6.82. The highest BCUT2D eigenvalue weighted by atomic mass is 16.5. The molecule has 0 spiro atoms. The van der Waals surface area contributed by atoms with Crippen LogP contribution >= 0.6 is 0 Å². The highest BCUT2D eigenvalue weighted by Crippen LogP contribution is 2.48. The van der Waals surface area contributed by atoms with Crippen molar-refractivity contribution in [2.45, 2.75) is 39.3 Å². The number of allylic oxidation sites excluding steroid dienone is 1. The van der Waals surface area contributed by atoms with Gasteiger partial charge in [-0.1, -0.05) is 25.1 Å². The Bertz CT molecular complexity index is 1390. The number of ether oxygens (including phenoxy) is 2. The zero-order chi connectivity index (χ0) is 26.1. The summed E-state index contributed by atoms with van der Waals surface area (Å²) in [7, 11) is 0. The quantitative estimate of drug-likeness (QED) is 0.426. The van der Waals surface area contributed by atoms with E-state index in [4.69, 9.17) is 9.47 Å². The van der Waals surface area contributed by atoms with Crippen molar-refractivity contribution in [3.8, 4) is 29.1 Å². The fourth-order valence-corrected chi connectivity index (χ4v) is 5.33. The predicted molar refractivity (Wildman–Crippen MR) is 144 cm³/mol. The van der Waals surface area contributed by atoms with Gasteiger partial charge in [0.2, 0.25) is 0 Å². The third-order valence-electron chi connectivity index (χ3n) is 7.42. The molecule has 3 aromatic rings. The number of nitrogens with zero attached hydrogens (tertiary/aromatic N) is 2. The van der Waals surface area contributed by atoms with E-state index in [1.165, 1.54) is 6.42 Å². The lowest BCUT2D eigenvalue weighted by Crippen LogP contribution is -2.35. The average molecular weight is 497 g/mol. The van der Waals surface area contributed by atoms with Crippen LogP contribution in [0.5, 0.6) is 23.0 Å². The summed E-state index contributed by atoms with van der Waals surface area (Å²) in [6.45, 7) is 9.10. The summed E-state index contributed by atoms with van der Waals surface area (Å²) in [4.78, 5) is 2.44. The van der Waals surface area contributed by atoms with Crippen LogP contribution in [0.3, 0.4) is 0 Å². The summed E-state index contributed by atoms with van der Waals surface area (Å²) < 4.78 is 12.6. The van der Waals surface area contributed by atoms with Crippen LogP contribution in [-0.2, 0) is 0 Å². The Morgan fingerprint density at radius 2 is 1.92 bits per heavy atom. The molecule has 0 saturated carbocycles. The summed E-state index contributed by atoms with van der Waals surface area (Å²) >= 11 is 0. The third-order valence-corrected chi connectivity index (χ3v) is 7.42. The zero-order valence-corrected chi connectivity index (χ0v) is 21.4. The third kappa shape index (κ3) is 5.00. The number of aromatic hydroxyl groups is 2. The van der Waals surface area contributed by atoms with Crippen LogP contribution in [0.25, 0.3) is 11.1 Å². The summed E-state index contributed by atoms with van der Waals surface area (Å²) in [5.74, 6) is 2.23. The number of benzene rings is 3. The number of likely N-dealkylation sites (tertiary alicyclic amines) is 1. The normalized spacial score (nSPS) is 20.2. The van der Waals surface area contributed by atoms with Gasteiger partial charge >= 0.3 is 0 Å². The Morgan fingerprint density at radius 1 is 1.11 bits per heavy atom. The first-order valence-electron chi connectivity index (χ1n) is 12.7. The second-order valence-corrected chi connectivity index (χ2v) is 10.2. The summed E-state index contributed by atoms with van der Waals surface area (Å²) in [5, 5.41) is 30.2. The van der Waals surface area contributed by atoms with Gasteiger partial charge in [0.1, 0.15) is 41.8 Å². The lowest BCUT2D eigenvalue weighted by atomic mass is 9.85. The van der Waals surface area contributed by atoms with Gasteiger partial charge in [-0.05, 0) is 91.9 Å². The van der Waals surface area contributed by atoms with Gasteiger partial charge in [-0.2, -0.15) is 5.26 Å². The molecule has 2 aliphatic rings. The van der Waals surface area contributed by atoms with Crippen molar-refractivity contribution in [2.75, 3.05) is 19.7 Å². The Morgan fingerprint density at radius 3 is 2.65 bits per heavy atom. The second-order valence-electron chi connectivity index (χ2n) is 10.2. The molecule has 6 heteroatoms. The maximum absolute atomic E-state index is 10.2. The van der Waals surface area contributed by atoms with E-state index < -0.39 is 6.10 Å². The average Bonchev–Trinajstić information content (AvgIpc) is 3.33. The molecule has 1 fully saturated rings. The van der Waals surface area contributed by atoms with E-state index in [-0.39, 0.29) is 17.5 Å². The van der Waals surface area contributed by atoms with Crippen LogP contribution < -0.4 is 9.47 Å². The highest BCUT2D eigenvalue weighted by Gasteiger charge is 2.30. The van der Waals surface area contributed by atoms with Crippen LogP contribution in [0.4, 0.5) is 0 Å². The molecule has 37 heavy (non-hydrogen) atoms. The van der Waals surface area contributed by atoms with Crippen LogP contribution in [-0.4, -0.2) is 40.9 Å². The van der Waals surface area contributed by atoms with Crippen molar-refractivity contribution < 1.29 is 19.7 Å². The molecule has 0 aliphatic carbocycles. The molecule has 3 atom stereocenters. The Hall–Kier alpha value is -3.95. The first-order valence-corrected chi connectivity index (χ1v) is 12.7. The van der Waals surface area contributed by atoms with Gasteiger partial charge in [0.05, 0.1) is 5.56 Å². The van der Waals surface area contributed by atoms with E-state index >= 15 is 0 Å². The van der Waals surface area contributed by atoms with Gasteiger partial charge in [0.25, 0.3) is 0 Å². The van der Waals surface area contributed by atoms with E-state index in [0.29, 0.717) is 29.6 Å². The highest BCUT2D eigenvalue weighted by molar-refractivity contribution is 5.96. The topological polar surface area (TPSA) is 86.0 Å². The lowest BCUT2D eigenvalue weighted by molar-refractivity contribution is 0.168. The van der Waals surface area contributed by atoms with Crippen molar-refractivity contribution in [1.82, 2.24) is 4.90 Å². The maximum atomic E-state index is 10.2. The molecule has 0 amide bonds. The van der Waals surface area contributed by atoms with Gasteiger partial charge in [-0.3, -0.25) is 4.90 Å². The van der Waals surface area contributed by atoms with E-state index in [1.54, 1.807) is 36.4 Å². The first-order chi connectivity index (χ1) is 17.8. The number of rotatable bonds is 6. The molecule has 190 valence electrons. The number of phenolic OH excluding ortho intramolecular Hbond substituents is 2. The minimum absolute atomic E-state index is 0.154. The summed E-state index contributed by atoms with van der Waals surface area (Å²) in [6.07, 6.45) is 0.700. The van der Waals surface area contributed by atoms with Gasteiger partial charge in [0.15, 0.2) is 0 Å². The van der Waals surface area contributed by atoms with Crippen LogP contribution in [0, 0.1) is 17.2 Å². The molecule has 3 aromatic carbocycles. The smallest absolute Gasteiger partial charge is 0.150 e. The molecular formula is C31H32N2O4. The molecule has 1 unspecified atom stereocenters. The molecule has 1 saturated heterocycles. The van der Waals surface area contributed by atoms with Crippen molar-refractivity contribution in [3.63, 3.8) is 0 Å². The van der Waals surface area contributed by atoms with E-state index in [1.807, 2.05) is 31.2 Å². The monoisotopic (exact) mass is 496 g/mol. The van der Waals surface area contributed by atoms with Crippen molar-refractivity contribution in [3.05, 3.63) is 82.9 Å². The van der Waals surface area contributed by atoms with E-state index in [2.05, 4.69) is 24.8 Å². The molecule has 0 radical (unpaired) electrons. The van der Waals surface area contributed by atoms with Gasteiger partial charge in [-0.25, -0.2) is 0 Å². The second kappa shape index (κ2) is 10.2. The summed E-state index contributed by atoms with van der Waals surface area (Å²) in [6, 6.07) is 20.2. The molecule has 5 rings (SSSR count). The molecule has 2 heterocycles. The fraction of sp³-hybridized carbons (Fsp3) is 0.323. The lowest BCUT2D eigenvalue weighted by Gasteiger charge is -2.31. The van der Waals surface area contributed by atoms with Crippen molar-refractivity contribution in [1.29, 1.82) is 5.26 Å². The minimum atomic E-state index is -0.509.